The van der Waals surface area contributed by atoms with Crippen LogP contribution in [0.15, 0.2) is 48.7 Å². The Labute approximate surface area is 133 Å². The first-order chi connectivity index (χ1) is 11.1. The van der Waals surface area contributed by atoms with E-state index in [0.29, 0.717) is 11.3 Å². The third-order valence-corrected chi connectivity index (χ3v) is 3.86. The molecule has 5 heteroatoms. The van der Waals surface area contributed by atoms with Crippen molar-refractivity contribution in [1.82, 2.24) is 4.98 Å². The average molecular weight is 306 g/mol. The van der Waals surface area contributed by atoms with Gasteiger partial charge < -0.3 is 5.11 Å². The number of aromatic nitrogens is 1. The van der Waals surface area contributed by atoms with Crippen LogP contribution < -0.4 is 4.90 Å². The number of terminal acetylenes is 1. The van der Waals surface area contributed by atoms with E-state index in [1.807, 2.05) is 0 Å². The predicted octanol–water partition coefficient (Wildman–Crippen LogP) is 1.52. The summed E-state index contributed by atoms with van der Waals surface area (Å²) < 4.78 is 0. The fourth-order valence-electron chi connectivity index (χ4n) is 2.78. The summed E-state index contributed by atoms with van der Waals surface area (Å²) in [5.74, 6) is 1.41. The molecule has 1 aliphatic heterocycles. The molecule has 0 saturated heterocycles. The summed E-state index contributed by atoms with van der Waals surface area (Å²) in [6.07, 6.45) is 6.42. The van der Waals surface area contributed by atoms with Crippen LogP contribution in [0.1, 0.15) is 22.5 Å². The van der Waals surface area contributed by atoms with E-state index in [1.54, 1.807) is 42.5 Å². The number of hydrogen-bond acceptors (Lipinski definition) is 4. The van der Waals surface area contributed by atoms with Crippen LogP contribution in [0.4, 0.5) is 5.69 Å². The van der Waals surface area contributed by atoms with Gasteiger partial charge in [0.1, 0.15) is 5.69 Å². The molecule has 1 N–H and O–H groups in total. The minimum atomic E-state index is -1.91. The van der Waals surface area contributed by atoms with Gasteiger partial charge in [-0.25, -0.2) is 0 Å². The van der Waals surface area contributed by atoms with Gasteiger partial charge in [-0.2, -0.15) is 0 Å². The number of Topliss-reactive ketones (excluding diaryl/α,β-unsaturated/α-hetero) is 1. The molecule has 1 aromatic heterocycles. The van der Waals surface area contributed by atoms with Gasteiger partial charge in [-0.15, -0.1) is 6.42 Å². The molecule has 3 rings (SSSR count). The van der Waals surface area contributed by atoms with E-state index in [4.69, 9.17) is 6.42 Å². The van der Waals surface area contributed by atoms with Gasteiger partial charge in [0, 0.05) is 11.8 Å². The standard InChI is InChI=1S/C18H14N2O3/c1-2-11-20-15-9-4-3-7-13(15)18(23,17(20)22)12-16(21)14-8-5-6-10-19-14/h1,3-10,23H,11-12H2. The van der Waals surface area contributed by atoms with Crippen LogP contribution >= 0.6 is 0 Å². The molecule has 2 heterocycles. The Kier molecular flexibility index (Phi) is 3.68. The fraction of sp³-hybridized carbons (Fsp3) is 0.167. The van der Waals surface area contributed by atoms with Crippen molar-refractivity contribution < 1.29 is 14.7 Å². The molecule has 0 fully saturated rings. The van der Waals surface area contributed by atoms with Crippen LogP contribution in [0.3, 0.4) is 0 Å². The summed E-state index contributed by atoms with van der Waals surface area (Å²) >= 11 is 0. The highest BCUT2D eigenvalue weighted by Crippen LogP contribution is 2.42. The monoisotopic (exact) mass is 306 g/mol. The minimum absolute atomic E-state index is 0.0376. The second-order valence-corrected chi connectivity index (χ2v) is 5.29. The van der Waals surface area contributed by atoms with Gasteiger partial charge >= 0.3 is 0 Å². The van der Waals surface area contributed by atoms with E-state index in [0.717, 1.165) is 0 Å². The zero-order chi connectivity index (χ0) is 16.4. The first kappa shape index (κ1) is 14.9. The average Bonchev–Trinajstić information content (AvgIpc) is 2.78. The van der Waals surface area contributed by atoms with Crippen LogP contribution in [-0.4, -0.2) is 28.3 Å². The van der Waals surface area contributed by atoms with Gasteiger partial charge in [0.25, 0.3) is 5.91 Å². The highest BCUT2D eigenvalue weighted by Gasteiger charge is 2.50. The zero-order valence-electron chi connectivity index (χ0n) is 12.3. The third kappa shape index (κ3) is 2.39. The lowest BCUT2D eigenvalue weighted by Crippen LogP contribution is -2.42. The molecule has 0 saturated carbocycles. The first-order valence-corrected chi connectivity index (χ1v) is 7.09. The smallest absolute Gasteiger partial charge is 0.265 e. The number of benzene rings is 1. The van der Waals surface area contributed by atoms with E-state index in [-0.39, 0.29) is 18.7 Å². The van der Waals surface area contributed by atoms with Crippen molar-refractivity contribution in [3.8, 4) is 12.3 Å². The van der Waals surface area contributed by atoms with Crippen molar-refractivity contribution in [3.63, 3.8) is 0 Å². The molecule has 1 aromatic carbocycles. The van der Waals surface area contributed by atoms with E-state index in [9.17, 15) is 14.7 Å². The van der Waals surface area contributed by atoms with E-state index < -0.39 is 17.3 Å². The lowest BCUT2D eigenvalue weighted by atomic mass is 9.89. The molecule has 0 bridgehead atoms. The normalized spacial score (nSPS) is 19.3. The molecule has 2 aromatic rings. The fourth-order valence-corrected chi connectivity index (χ4v) is 2.78. The number of pyridine rings is 1. The van der Waals surface area contributed by atoms with Crippen molar-refractivity contribution in [1.29, 1.82) is 0 Å². The molecule has 114 valence electrons. The number of carbonyl (C=O) groups excluding carboxylic acids is 2. The van der Waals surface area contributed by atoms with Gasteiger partial charge in [-0.1, -0.05) is 30.2 Å². The Morgan fingerprint density at radius 2 is 2.00 bits per heavy atom. The molecule has 23 heavy (non-hydrogen) atoms. The maximum absolute atomic E-state index is 12.6. The molecular weight excluding hydrogens is 292 g/mol. The number of amides is 1. The maximum atomic E-state index is 12.6. The van der Waals surface area contributed by atoms with Crippen LogP contribution in [0.2, 0.25) is 0 Å². The molecule has 0 spiro atoms. The van der Waals surface area contributed by atoms with E-state index >= 15 is 0 Å². The quantitative estimate of drug-likeness (QED) is 0.687. The third-order valence-electron chi connectivity index (χ3n) is 3.86. The van der Waals surface area contributed by atoms with Crippen molar-refractivity contribution in [2.24, 2.45) is 0 Å². The topological polar surface area (TPSA) is 70.5 Å². The molecular formula is C18H14N2O3. The number of hydrogen-bond donors (Lipinski definition) is 1. The Hall–Kier alpha value is -2.97. The highest BCUT2D eigenvalue weighted by atomic mass is 16.3. The largest absolute Gasteiger partial charge is 0.375 e. The number of aliphatic hydroxyl groups is 1. The predicted molar refractivity (Wildman–Crippen MR) is 84.7 cm³/mol. The van der Waals surface area contributed by atoms with E-state index in [2.05, 4.69) is 10.9 Å². The van der Waals surface area contributed by atoms with Crippen molar-refractivity contribution in [2.75, 3.05) is 11.4 Å². The molecule has 0 radical (unpaired) electrons. The number of fused-ring (bicyclic) bond motifs is 1. The number of carbonyl (C=O) groups is 2. The number of nitrogens with zero attached hydrogens (tertiary/aromatic N) is 2. The van der Waals surface area contributed by atoms with Crippen molar-refractivity contribution >= 4 is 17.4 Å². The summed E-state index contributed by atoms with van der Waals surface area (Å²) in [6.45, 7) is 0.0376. The van der Waals surface area contributed by atoms with Gasteiger partial charge in [-0.3, -0.25) is 19.5 Å². The molecule has 0 aliphatic carbocycles. The molecule has 5 nitrogen and oxygen atoms in total. The van der Waals surface area contributed by atoms with Gasteiger partial charge in [0.2, 0.25) is 0 Å². The van der Waals surface area contributed by atoms with Crippen molar-refractivity contribution in [3.05, 3.63) is 59.9 Å². The number of ketones is 1. The lowest BCUT2D eigenvalue weighted by Gasteiger charge is -2.21. The number of para-hydroxylation sites is 1. The van der Waals surface area contributed by atoms with Crippen LogP contribution in [0.25, 0.3) is 0 Å². The van der Waals surface area contributed by atoms with Crippen molar-refractivity contribution in [2.45, 2.75) is 12.0 Å². The first-order valence-electron chi connectivity index (χ1n) is 7.09. The van der Waals surface area contributed by atoms with Crippen LogP contribution in [-0.2, 0) is 10.4 Å². The van der Waals surface area contributed by atoms with Gasteiger partial charge in [0.05, 0.1) is 18.7 Å². The number of rotatable bonds is 4. The Bertz CT molecular complexity index is 811. The zero-order valence-corrected chi connectivity index (χ0v) is 12.3. The van der Waals surface area contributed by atoms with Crippen LogP contribution in [0, 0.1) is 12.3 Å². The second kappa shape index (κ2) is 5.67. The van der Waals surface area contributed by atoms with Gasteiger partial charge in [0.15, 0.2) is 11.4 Å². The Morgan fingerprint density at radius 1 is 1.26 bits per heavy atom. The summed E-state index contributed by atoms with van der Waals surface area (Å²) in [7, 11) is 0. The van der Waals surface area contributed by atoms with E-state index in [1.165, 1.54) is 11.1 Å². The lowest BCUT2D eigenvalue weighted by molar-refractivity contribution is -0.135. The molecule has 1 atom stereocenters. The summed E-state index contributed by atoms with van der Waals surface area (Å²) in [5, 5.41) is 10.9. The molecule has 1 unspecified atom stereocenters. The summed E-state index contributed by atoms with van der Waals surface area (Å²) in [5.41, 5.74) is -0.778. The SMILES string of the molecule is C#CCN1C(=O)C(O)(CC(=O)c2ccccn2)c2ccccc21. The molecule has 1 aliphatic rings. The summed E-state index contributed by atoms with van der Waals surface area (Å²) in [6, 6.07) is 11.7. The van der Waals surface area contributed by atoms with Crippen LogP contribution in [0.5, 0.6) is 0 Å². The second-order valence-electron chi connectivity index (χ2n) is 5.29. The van der Waals surface area contributed by atoms with Gasteiger partial charge in [-0.05, 0) is 18.2 Å². The highest BCUT2D eigenvalue weighted by molar-refractivity contribution is 6.10. The Morgan fingerprint density at radius 3 is 2.70 bits per heavy atom. The minimum Gasteiger partial charge on any atom is -0.375 e. The maximum Gasteiger partial charge on any atom is 0.265 e. The Balaban J connectivity index is 1.99. The summed E-state index contributed by atoms with van der Waals surface area (Å²) in [4.78, 5) is 30.3. The number of anilines is 1. The molecule has 1 amide bonds.